The predicted octanol–water partition coefficient (Wildman–Crippen LogP) is 2.12. The number of rotatable bonds is 1. The van der Waals surface area contributed by atoms with Gasteiger partial charge in [0.25, 0.3) is 0 Å². The van der Waals surface area contributed by atoms with Gasteiger partial charge in [-0.25, -0.2) is 9.97 Å². The first-order valence-corrected chi connectivity index (χ1v) is 6.77. The van der Waals surface area contributed by atoms with Gasteiger partial charge in [0.2, 0.25) is 0 Å². The van der Waals surface area contributed by atoms with Crippen molar-refractivity contribution < 1.29 is 5.11 Å². The Bertz CT molecular complexity index is 435. The molecule has 3 nitrogen and oxygen atoms in total. The Morgan fingerprint density at radius 2 is 1.94 bits per heavy atom. The molecule has 17 heavy (non-hydrogen) atoms. The third kappa shape index (κ3) is 1.21. The molecule has 5 atom stereocenters. The molecule has 2 bridgehead atoms. The van der Waals surface area contributed by atoms with Crippen LogP contribution in [0.2, 0.25) is 0 Å². The smallest absolute Gasteiger partial charge is 0.115 e. The van der Waals surface area contributed by atoms with Crippen LogP contribution in [0.1, 0.15) is 37.7 Å². The van der Waals surface area contributed by atoms with Crippen molar-refractivity contribution in [3.05, 3.63) is 24.3 Å². The van der Waals surface area contributed by atoms with Crippen LogP contribution in [0.15, 0.2) is 18.7 Å². The van der Waals surface area contributed by atoms with Crippen LogP contribution < -0.4 is 0 Å². The van der Waals surface area contributed by atoms with E-state index in [0.717, 1.165) is 29.7 Å². The molecule has 1 heterocycles. The van der Waals surface area contributed by atoms with Crippen molar-refractivity contribution in [1.82, 2.24) is 9.97 Å². The second-order valence-corrected chi connectivity index (χ2v) is 6.12. The minimum Gasteiger partial charge on any atom is -0.385 e. The fourth-order valence-electron chi connectivity index (χ4n) is 4.97. The van der Waals surface area contributed by atoms with E-state index < -0.39 is 5.60 Å². The molecule has 90 valence electrons. The molecule has 4 rings (SSSR count). The van der Waals surface area contributed by atoms with Crippen molar-refractivity contribution in [2.75, 3.05) is 0 Å². The molecule has 1 aromatic rings. The van der Waals surface area contributed by atoms with Crippen molar-refractivity contribution in [2.24, 2.45) is 23.7 Å². The van der Waals surface area contributed by atoms with Gasteiger partial charge < -0.3 is 5.11 Å². The normalized spacial score (nSPS) is 47.4. The highest BCUT2D eigenvalue weighted by molar-refractivity contribution is 5.23. The highest BCUT2D eigenvalue weighted by atomic mass is 16.3. The molecule has 0 saturated heterocycles. The monoisotopic (exact) mass is 230 g/mol. The van der Waals surface area contributed by atoms with E-state index in [2.05, 4.69) is 9.97 Å². The topological polar surface area (TPSA) is 46.0 Å². The minimum absolute atomic E-state index is 0.464. The molecule has 3 aliphatic carbocycles. The summed E-state index contributed by atoms with van der Waals surface area (Å²) < 4.78 is 0. The van der Waals surface area contributed by atoms with Crippen molar-refractivity contribution in [2.45, 2.75) is 37.7 Å². The fourth-order valence-corrected chi connectivity index (χ4v) is 4.97. The number of fused-ring (bicyclic) bond motifs is 5. The number of hydrogen-bond acceptors (Lipinski definition) is 3. The maximum Gasteiger partial charge on any atom is 0.115 e. The molecule has 0 amide bonds. The Labute approximate surface area is 101 Å². The fraction of sp³-hybridized carbons (Fsp3) is 0.714. The lowest BCUT2D eigenvalue weighted by atomic mass is 9.70. The van der Waals surface area contributed by atoms with E-state index in [-0.39, 0.29) is 0 Å². The molecule has 3 aliphatic rings. The largest absolute Gasteiger partial charge is 0.385 e. The lowest BCUT2D eigenvalue weighted by Gasteiger charge is -2.38. The molecule has 0 aliphatic heterocycles. The quantitative estimate of drug-likeness (QED) is 0.803. The van der Waals surface area contributed by atoms with Gasteiger partial charge in [-0.15, -0.1) is 0 Å². The molecule has 0 radical (unpaired) electrons. The Morgan fingerprint density at radius 1 is 1.18 bits per heavy atom. The Hall–Kier alpha value is -0.960. The number of aromatic nitrogens is 2. The minimum atomic E-state index is -0.628. The summed E-state index contributed by atoms with van der Waals surface area (Å²) in [5.41, 5.74) is 0.315. The zero-order valence-electron chi connectivity index (χ0n) is 9.92. The molecule has 1 aromatic heterocycles. The first kappa shape index (κ1) is 10.0. The highest BCUT2D eigenvalue weighted by Gasteiger charge is 2.60. The van der Waals surface area contributed by atoms with Crippen LogP contribution in [0.5, 0.6) is 0 Å². The molecule has 1 N–H and O–H groups in total. The average molecular weight is 230 g/mol. The van der Waals surface area contributed by atoms with Gasteiger partial charge in [-0.1, -0.05) is 6.42 Å². The van der Waals surface area contributed by atoms with Crippen LogP contribution in [0.3, 0.4) is 0 Å². The van der Waals surface area contributed by atoms with E-state index in [4.69, 9.17) is 0 Å². The van der Waals surface area contributed by atoms with Crippen LogP contribution in [0, 0.1) is 23.7 Å². The van der Waals surface area contributed by atoms with Crippen molar-refractivity contribution in [3.63, 3.8) is 0 Å². The highest BCUT2D eigenvalue weighted by Crippen LogP contribution is 2.64. The van der Waals surface area contributed by atoms with Crippen LogP contribution >= 0.6 is 0 Å². The second-order valence-electron chi connectivity index (χ2n) is 6.12. The first-order valence-electron chi connectivity index (χ1n) is 6.77. The SMILES string of the molecule is OC1(c2cncnc2)CC2CC1C1CCCC21. The van der Waals surface area contributed by atoms with Gasteiger partial charge in [0, 0.05) is 18.0 Å². The third-order valence-electron chi connectivity index (χ3n) is 5.55. The van der Waals surface area contributed by atoms with Gasteiger partial charge in [-0.3, -0.25) is 0 Å². The molecule has 0 spiro atoms. The Morgan fingerprint density at radius 3 is 2.76 bits per heavy atom. The van der Waals surface area contributed by atoms with Crippen molar-refractivity contribution in [1.29, 1.82) is 0 Å². The Kier molecular flexibility index (Phi) is 1.93. The molecular formula is C14H18N2O. The lowest BCUT2D eigenvalue weighted by Crippen LogP contribution is -2.39. The van der Waals surface area contributed by atoms with E-state index in [1.807, 2.05) is 0 Å². The van der Waals surface area contributed by atoms with E-state index in [1.165, 1.54) is 25.7 Å². The zero-order chi connectivity index (χ0) is 11.5. The Balaban J connectivity index is 1.73. The van der Waals surface area contributed by atoms with Gasteiger partial charge in [0.05, 0.1) is 5.60 Å². The van der Waals surface area contributed by atoms with E-state index in [9.17, 15) is 5.11 Å². The van der Waals surface area contributed by atoms with E-state index in [1.54, 1.807) is 18.7 Å². The maximum atomic E-state index is 11.0. The van der Waals surface area contributed by atoms with Crippen LogP contribution in [-0.4, -0.2) is 15.1 Å². The maximum absolute atomic E-state index is 11.0. The number of hydrogen-bond donors (Lipinski definition) is 1. The zero-order valence-corrected chi connectivity index (χ0v) is 9.92. The molecular weight excluding hydrogens is 212 g/mol. The van der Waals surface area contributed by atoms with Crippen molar-refractivity contribution >= 4 is 0 Å². The van der Waals surface area contributed by atoms with E-state index in [0.29, 0.717) is 5.92 Å². The summed E-state index contributed by atoms with van der Waals surface area (Å²) in [7, 11) is 0. The number of aliphatic hydroxyl groups is 1. The summed E-state index contributed by atoms with van der Waals surface area (Å²) in [5, 5.41) is 11.0. The summed E-state index contributed by atoms with van der Waals surface area (Å²) in [5.74, 6) is 2.88. The van der Waals surface area contributed by atoms with Gasteiger partial charge in [0.15, 0.2) is 0 Å². The molecule has 3 saturated carbocycles. The molecule has 3 heteroatoms. The molecule has 5 unspecified atom stereocenters. The molecule has 0 aromatic carbocycles. The van der Waals surface area contributed by atoms with Crippen LogP contribution in [0.4, 0.5) is 0 Å². The second kappa shape index (κ2) is 3.29. The summed E-state index contributed by atoms with van der Waals surface area (Å²) in [4.78, 5) is 8.14. The van der Waals surface area contributed by atoms with Gasteiger partial charge in [0.1, 0.15) is 6.33 Å². The number of nitrogens with zero attached hydrogens (tertiary/aromatic N) is 2. The average Bonchev–Trinajstić information content (AvgIpc) is 3.00. The lowest BCUT2D eigenvalue weighted by molar-refractivity contribution is -0.0517. The van der Waals surface area contributed by atoms with Gasteiger partial charge in [-0.05, 0) is 49.4 Å². The summed E-state index contributed by atoms with van der Waals surface area (Å²) in [6, 6.07) is 0. The van der Waals surface area contributed by atoms with Gasteiger partial charge >= 0.3 is 0 Å². The summed E-state index contributed by atoms with van der Waals surface area (Å²) in [6.07, 6.45) is 11.4. The van der Waals surface area contributed by atoms with Gasteiger partial charge in [-0.2, -0.15) is 0 Å². The van der Waals surface area contributed by atoms with Crippen LogP contribution in [0.25, 0.3) is 0 Å². The summed E-state index contributed by atoms with van der Waals surface area (Å²) >= 11 is 0. The summed E-state index contributed by atoms with van der Waals surface area (Å²) in [6.45, 7) is 0. The molecule has 3 fully saturated rings. The van der Waals surface area contributed by atoms with E-state index >= 15 is 0 Å². The van der Waals surface area contributed by atoms with Crippen LogP contribution in [-0.2, 0) is 5.60 Å². The standard InChI is InChI=1S/C14H18N2O/c17-14(10-6-15-8-16-7-10)5-9-4-13(14)12-3-1-2-11(9)12/h6-9,11-13,17H,1-5H2. The first-order chi connectivity index (χ1) is 8.29. The third-order valence-corrected chi connectivity index (χ3v) is 5.55. The van der Waals surface area contributed by atoms with Crippen molar-refractivity contribution in [3.8, 4) is 0 Å². The predicted molar refractivity (Wildman–Crippen MR) is 63.0 cm³/mol.